The van der Waals surface area contributed by atoms with Crippen LogP contribution in [0.1, 0.15) is 348 Å². The van der Waals surface area contributed by atoms with E-state index < -0.39 is 6.10 Å². The number of esters is 2. The van der Waals surface area contributed by atoms with Crippen LogP contribution in [0.15, 0.2) is 158 Å². The first-order chi connectivity index (χ1) is 44.6. The topological polar surface area (TPSA) is 72.8 Å². The highest BCUT2D eigenvalue weighted by Gasteiger charge is 2.16. The molecule has 1 unspecified atom stereocenters. The molecule has 0 aromatic rings. The van der Waals surface area contributed by atoms with Crippen molar-refractivity contribution in [1.29, 1.82) is 0 Å². The fourth-order valence-corrected chi connectivity index (χ4v) is 10.7. The van der Waals surface area contributed by atoms with E-state index in [9.17, 15) is 14.7 Å². The molecule has 0 radical (unpaired) electrons. The number of allylic oxidation sites excluding steroid dienone is 26. The summed E-state index contributed by atoms with van der Waals surface area (Å²) in [7, 11) is 0. The van der Waals surface area contributed by atoms with Gasteiger partial charge >= 0.3 is 11.9 Å². The molecule has 5 nitrogen and oxygen atoms in total. The van der Waals surface area contributed by atoms with E-state index in [0.29, 0.717) is 12.8 Å². The fourth-order valence-electron chi connectivity index (χ4n) is 10.7. The van der Waals surface area contributed by atoms with Gasteiger partial charge in [-0.2, -0.15) is 0 Å². The second-order valence-electron chi connectivity index (χ2n) is 25.0. The Bertz CT molecular complexity index is 1900. The summed E-state index contributed by atoms with van der Waals surface area (Å²) in [6, 6.07) is 0. The molecule has 0 amide bonds. The van der Waals surface area contributed by atoms with Gasteiger partial charge < -0.3 is 14.6 Å². The smallest absolute Gasteiger partial charge is 0.306 e. The molecule has 0 bridgehead atoms. The van der Waals surface area contributed by atoms with E-state index in [1.807, 2.05) is 0 Å². The normalized spacial score (nSPS) is 13.1. The van der Waals surface area contributed by atoms with Gasteiger partial charge in [0, 0.05) is 12.8 Å². The van der Waals surface area contributed by atoms with E-state index in [1.54, 1.807) is 0 Å². The lowest BCUT2D eigenvalue weighted by Crippen LogP contribution is -2.28. The van der Waals surface area contributed by atoms with Crippen LogP contribution in [0.2, 0.25) is 0 Å². The van der Waals surface area contributed by atoms with Crippen molar-refractivity contribution in [1.82, 2.24) is 0 Å². The number of hydrogen-bond donors (Lipinski definition) is 1. The van der Waals surface area contributed by atoms with Gasteiger partial charge in [0.15, 0.2) is 6.10 Å². The molecular formula is C85H142O5. The van der Waals surface area contributed by atoms with Gasteiger partial charge in [-0.1, -0.05) is 364 Å². The molecule has 0 fully saturated rings. The molecule has 0 saturated carbocycles. The number of aliphatic hydroxyl groups excluding tert-OH is 1. The van der Waals surface area contributed by atoms with Crippen LogP contribution in [0.25, 0.3) is 0 Å². The summed E-state index contributed by atoms with van der Waals surface area (Å²) >= 11 is 0. The van der Waals surface area contributed by atoms with Crippen LogP contribution in [0.4, 0.5) is 0 Å². The van der Waals surface area contributed by atoms with Crippen LogP contribution in [-0.4, -0.2) is 36.4 Å². The standard InChI is InChI=1S/C85H142O5/c1-3-5-7-9-11-13-15-17-19-21-23-25-27-29-31-33-35-37-39-41-42-44-46-48-50-52-54-56-58-60-62-64-66-68-70-72-74-76-78-80-85(88)90-83(81-86)82-89-84(87)79-77-75-73-71-69-67-65-63-61-59-57-55-53-51-49-47-45-43-40-38-36-34-32-30-28-26-24-22-20-18-16-14-12-10-8-6-4-2/h5,7,11,13,16-19,22-25,29,31,35,37,41-42,46,48,52,54,58,60,64,66,83,86H,3-4,6,8-10,12,14-15,20-21,26-28,30,32-34,36,38-40,43-45,47,49-51,53,55-57,59,61-63,65,67-82H2,1-2H3/b7-5-,13-11-,18-16-,19-17-,24-22-,25-23-,31-29-,37-35-,42-41-,48-46-,54-52-,60-58-,66-64-. The molecule has 0 saturated heterocycles. The van der Waals surface area contributed by atoms with Gasteiger partial charge in [-0.3, -0.25) is 9.59 Å². The third-order valence-electron chi connectivity index (χ3n) is 16.3. The van der Waals surface area contributed by atoms with Crippen LogP contribution >= 0.6 is 0 Å². The van der Waals surface area contributed by atoms with Gasteiger partial charge in [0.25, 0.3) is 0 Å². The summed E-state index contributed by atoms with van der Waals surface area (Å²) in [4.78, 5) is 24.7. The lowest BCUT2D eigenvalue weighted by atomic mass is 10.0. The Kier molecular flexibility index (Phi) is 74.8. The molecule has 512 valence electrons. The Hall–Kier alpha value is -4.48. The zero-order chi connectivity index (χ0) is 64.7. The second kappa shape index (κ2) is 78.8. The summed E-state index contributed by atoms with van der Waals surface area (Å²) in [6.45, 7) is 4.02. The van der Waals surface area contributed by atoms with E-state index in [-0.39, 0.29) is 25.2 Å². The molecule has 0 aliphatic rings. The van der Waals surface area contributed by atoms with Crippen LogP contribution < -0.4 is 0 Å². The van der Waals surface area contributed by atoms with Crippen LogP contribution in [0.3, 0.4) is 0 Å². The minimum atomic E-state index is -0.794. The van der Waals surface area contributed by atoms with Gasteiger partial charge in [0.1, 0.15) is 6.61 Å². The minimum absolute atomic E-state index is 0.0795. The van der Waals surface area contributed by atoms with Crippen molar-refractivity contribution in [2.75, 3.05) is 13.2 Å². The first-order valence-corrected chi connectivity index (χ1v) is 38.0. The molecule has 0 heterocycles. The van der Waals surface area contributed by atoms with Gasteiger partial charge in [-0.25, -0.2) is 0 Å². The first-order valence-electron chi connectivity index (χ1n) is 38.0. The lowest BCUT2D eigenvalue weighted by Gasteiger charge is -2.15. The Labute approximate surface area is 558 Å². The first kappa shape index (κ1) is 85.5. The van der Waals surface area contributed by atoms with Gasteiger partial charge in [-0.15, -0.1) is 0 Å². The zero-order valence-electron chi connectivity index (χ0n) is 58.9. The van der Waals surface area contributed by atoms with Gasteiger partial charge in [0.05, 0.1) is 6.61 Å². The Balaban J connectivity index is 3.53. The van der Waals surface area contributed by atoms with Gasteiger partial charge in [0.2, 0.25) is 0 Å². The summed E-state index contributed by atoms with van der Waals surface area (Å²) in [5.41, 5.74) is 0. The number of ether oxygens (including phenoxy) is 2. The predicted octanol–water partition coefficient (Wildman–Crippen LogP) is 27.0. The number of aliphatic hydroxyl groups is 1. The molecule has 90 heavy (non-hydrogen) atoms. The predicted molar refractivity (Wildman–Crippen MR) is 398 cm³/mol. The average molecular weight is 1240 g/mol. The van der Waals surface area contributed by atoms with Crippen molar-refractivity contribution in [3.8, 4) is 0 Å². The second-order valence-corrected chi connectivity index (χ2v) is 25.0. The number of hydrogen-bond acceptors (Lipinski definition) is 5. The van der Waals surface area contributed by atoms with Crippen LogP contribution in [0.5, 0.6) is 0 Å². The molecule has 0 rings (SSSR count). The van der Waals surface area contributed by atoms with E-state index in [4.69, 9.17) is 9.47 Å². The molecule has 5 heteroatoms. The van der Waals surface area contributed by atoms with Crippen molar-refractivity contribution in [3.05, 3.63) is 158 Å². The van der Waals surface area contributed by atoms with Crippen molar-refractivity contribution in [3.63, 3.8) is 0 Å². The highest BCUT2D eigenvalue weighted by atomic mass is 16.6. The maximum atomic E-state index is 12.4. The minimum Gasteiger partial charge on any atom is -0.462 e. The monoisotopic (exact) mass is 1240 g/mol. The molecule has 0 aliphatic carbocycles. The Morgan fingerprint density at radius 3 is 0.722 bits per heavy atom. The molecule has 0 aliphatic heterocycles. The molecule has 1 atom stereocenters. The van der Waals surface area contributed by atoms with E-state index in [1.165, 1.54) is 186 Å². The molecular weight excluding hydrogens is 1100 g/mol. The van der Waals surface area contributed by atoms with Crippen molar-refractivity contribution in [2.24, 2.45) is 0 Å². The van der Waals surface area contributed by atoms with Crippen molar-refractivity contribution in [2.45, 2.75) is 354 Å². The maximum absolute atomic E-state index is 12.4. The molecule has 0 aromatic carbocycles. The summed E-state index contributed by atoms with van der Waals surface area (Å²) < 4.78 is 10.8. The summed E-state index contributed by atoms with van der Waals surface area (Å²) in [5, 5.41) is 9.72. The number of unbranched alkanes of at least 4 members (excludes halogenated alkanes) is 35. The van der Waals surface area contributed by atoms with Gasteiger partial charge in [-0.05, 0) is 128 Å². The van der Waals surface area contributed by atoms with Crippen LogP contribution in [-0.2, 0) is 19.1 Å². The molecule has 1 N–H and O–H groups in total. The Morgan fingerprint density at radius 2 is 0.478 bits per heavy atom. The third kappa shape index (κ3) is 76.0. The van der Waals surface area contributed by atoms with Crippen LogP contribution in [0, 0.1) is 0 Å². The highest BCUT2D eigenvalue weighted by molar-refractivity contribution is 5.70. The average Bonchev–Trinajstić information content (AvgIpc) is 3.59. The zero-order valence-corrected chi connectivity index (χ0v) is 58.9. The molecule has 0 spiro atoms. The Morgan fingerprint density at radius 1 is 0.267 bits per heavy atom. The van der Waals surface area contributed by atoms with E-state index in [2.05, 4.69) is 172 Å². The van der Waals surface area contributed by atoms with E-state index >= 15 is 0 Å². The number of rotatable bonds is 69. The lowest BCUT2D eigenvalue weighted by molar-refractivity contribution is -0.161. The van der Waals surface area contributed by atoms with Crippen molar-refractivity contribution < 1.29 is 24.2 Å². The summed E-state index contributed by atoms with van der Waals surface area (Å²) in [5.74, 6) is -0.609. The fraction of sp³-hybridized carbons (Fsp3) is 0.671. The SMILES string of the molecule is CC/C=C\C/C=C\C/C=C\C/C=C\C/C=C\C/C=C\C/C=C\C/C=C\C/C=C\C/C=C\C/C=C\CCCCCCCC(=O)OC(CO)COC(=O)CCCCCCCCCCCCCCCCCCCCCCCCCCC/C=C\C/C=C\CCCCCCC. The van der Waals surface area contributed by atoms with E-state index in [0.717, 1.165) is 135 Å². The summed E-state index contributed by atoms with van der Waals surface area (Å²) in [6.07, 6.45) is 120. The highest BCUT2D eigenvalue weighted by Crippen LogP contribution is 2.18. The third-order valence-corrected chi connectivity index (χ3v) is 16.3. The number of carbonyl (C=O) groups excluding carboxylic acids is 2. The largest absolute Gasteiger partial charge is 0.462 e. The quantitative estimate of drug-likeness (QED) is 0.0373. The number of carbonyl (C=O) groups is 2. The molecule has 0 aromatic heterocycles. The maximum Gasteiger partial charge on any atom is 0.306 e. The van der Waals surface area contributed by atoms with Crippen molar-refractivity contribution >= 4 is 11.9 Å².